The smallest absolute Gasteiger partial charge is 0.288 e. The van der Waals surface area contributed by atoms with Crippen molar-refractivity contribution in [1.82, 2.24) is 10.1 Å². The second-order valence-electron chi connectivity index (χ2n) is 6.02. The van der Waals surface area contributed by atoms with Crippen molar-refractivity contribution in [3.8, 4) is 33.1 Å². The van der Waals surface area contributed by atoms with Crippen LogP contribution in [-0.2, 0) is 0 Å². The molecule has 0 aliphatic heterocycles. The van der Waals surface area contributed by atoms with Crippen molar-refractivity contribution in [3.05, 3.63) is 73.5 Å². The predicted molar refractivity (Wildman–Crippen MR) is 110 cm³/mol. The molecule has 2 aromatic heterocycles. The number of nitro benzene ring substituents is 1. The molecular weight excluding hydrogens is 440 g/mol. The highest BCUT2D eigenvalue weighted by Gasteiger charge is 2.24. The van der Waals surface area contributed by atoms with E-state index < -0.39 is 10.7 Å². The van der Waals surface area contributed by atoms with E-state index in [1.807, 2.05) is 0 Å². The van der Waals surface area contributed by atoms with Crippen LogP contribution in [0.1, 0.15) is 5.76 Å². The number of hydrogen-bond donors (Lipinski definition) is 0. The summed E-state index contributed by atoms with van der Waals surface area (Å²) in [6.07, 6.45) is 0. The summed E-state index contributed by atoms with van der Waals surface area (Å²) >= 11 is 13.3. The summed E-state index contributed by atoms with van der Waals surface area (Å²) in [5.74, 6) is -0.0838. The first-order chi connectivity index (χ1) is 13.9. The molecule has 0 atom stereocenters. The first-order valence-electron chi connectivity index (χ1n) is 8.17. The fourth-order valence-corrected chi connectivity index (χ4v) is 4.21. The monoisotopic (exact) mass is 449 g/mol. The Morgan fingerprint density at radius 1 is 1.17 bits per heavy atom. The molecule has 29 heavy (non-hydrogen) atoms. The van der Waals surface area contributed by atoms with Gasteiger partial charge in [0.25, 0.3) is 5.69 Å². The Bertz CT molecular complexity index is 1240. The van der Waals surface area contributed by atoms with Gasteiger partial charge in [0.15, 0.2) is 0 Å². The first-order valence-corrected chi connectivity index (χ1v) is 9.81. The molecule has 0 unspecified atom stereocenters. The normalized spacial score (nSPS) is 11.0. The summed E-state index contributed by atoms with van der Waals surface area (Å²) in [7, 11) is 0. The molecule has 0 aliphatic rings. The van der Waals surface area contributed by atoms with Gasteiger partial charge in [-0.3, -0.25) is 10.1 Å². The van der Waals surface area contributed by atoms with Gasteiger partial charge in [-0.15, -0.1) is 11.3 Å². The molecule has 2 aromatic carbocycles. The van der Waals surface area contributed by atoms with Crippen molar-refractivity contribution in [2.45, 2.75) is 6.92 Å². The maximum Gasteiger partial charge on any atom is 0.288 e. The van der Waals surface area contributed by atoms with Crippen LogP contribution < -0.4 is 0 Å². The Morgan fingerprint density at radius 3 is 2.69 bits per heavy atom. The third kappa shape index (κ3) is 3.50. The molecule has 4 aromatic rings. The van der Waals surface area contributed by atoms with Gasteiger partial charge in [-0.25, -0.2) is 9.37 Å². The van der Waals surface area contributed by atoms with Crippen LogP contribution in [0.25, 0.3) is 33.1 Å². The van der Waals surface area contributed by atoms with Crippen LogP contribution in [0.15, 0.2) is 46.3 Å². The second kappa shape index (κ2) is 7.55. The Hall–Kier alpha value is -2.81. The Morgan fingerprint density at radius 2 is 1.97 bits per heavy atom. The topological polar surface area (TPSA) is 82.1 Å². The minimum atomic E-state index is -0.554. The van der Waals surface area contributed by atoms with Gasteiger partial charge < -0.3 is 4.52 Å². The lowest BCUT2D eigenvalue weighted by Crippen LogP contribution is -1.91. The van der Waals surface area contributed by atoms with Gasteiger partial charge in [-0.05, 0) is 25.1 Å². The third-order valence-electron chi connectivity index (χ3n) is 4.22. The minimum absolute atomic E-state index is 0.0422. The standard InChI is InChI=1S/C19H10Cl2FN3O3S/c1-9-16(18(24-28-9)17-12(21)3-2-4-13(17)22)19-23-14(8-29-19)10-5-6-11(20)15(7-10)25(26)27/h2-8H,1H3. The molecule has 0 saturated carbocycles. The van der Waals surface area contributed by atoms with E-state index in [4.69, 9.17) is 27.7 Å². The lowest BCUT2D eigenvalue weighted by Gasteiger charge is -2.04. The number of hydrogen-bond acceptors (Lipinski definition) is 6. The largest absolute Gasteiger partial charge is 0.360 e. The number of thiazole rings is 1. The van der Waals surface area contributed by atoms with Crippen LogP contribution in [0, 0.1) is 22.9 Å². The van der Waals surface area contributed by atoms with Gasteiger partial charge in [0.2, 0.25) is 0 Å². The SMILES string of the molecule is Cc1onc(-c2c(F)cccc2Cl)c1-c1nc(-c2ccc(Cl)c([N+](=O)[O-])c2)cs1. The van der Waals surface area contributed by atoms with E-state index in [-0.39, 0.29) is 27.0 Å². The fraction of sp³-hybridized carbons (Fsp3) is 0.0526. The summed E-state index contributed by atoms with van der Waals surface area (Å²) in [5.41, 5.74) is 1.71. The van der Waals surface area contributed by atoms with Crippen molar-refractivity contribution in [3.63, 3.8) is 0 Å². The maximum absolute atomic E-state index is 14.4. The van der Waals surface area contributed by atoms with Gasteiger partial charge in [-0.1, -0.05) is 40.5 Å². The lowest BCUT2D eigenvalue weighted by atomic mass is 10.1. The molecule has 0 bridgehead atoms. The average molecular weight is 450 g/mol. The molecule has 2 heterocycles. The second-order valence-corrected chi connectivity index (χ2v) is 7.69. The zero-order valence-electron chi connectivity index (χ0n) is 14.6. The van der Waals surface area contributed by atoms with E-state index in [0.717, 1.165) is 0 Å². The summed E-state index contributed by atoms with van der Waals surface area (Å²) < 4.78 is 19.7. The molecule has 6 nitrogen and oxygen atoms in total. The zero-order valence-corrected chi connectivity index (χ0v) is 17.0. The number of nitro groups is 1. The molecule has 10 heteroatoms. The first kappa shape index (κ1) is 19.5. The van der Waals surface area contributed by atoms with Gasteiger partial charge in [0.05, 0.1) is 26.8 Å². The molecule has 0 amide bonds. The average Bonchev–Trinajstić information content (AvgIpc) is 3.29. The van der Waals surface area contributed by atoms with Crippen molar-refractivity contribution < 1.29 is 13.8 Å². The quantitative estimate of drug-likeness (QED) is 0.252. The number of nitrogens with zero attached hydrogens (tertiary/aromatic N) is 3. The van der Waals surface area contributed by atoms with Crippen LogP contribution >= 0.6 is 34.5 Å². The van der Waals surface area contributed by atoms with E-state index in [0.29, 0.717) is 27.6 Å². The molecule has 0 saturated heterocycles. The van der Waals surface area contributed by atoms with E-state index >= 15 is 0 Å². The van der Waals surface area contributed by atoms with E-state index in [2.05, 4.69) is 10.1 Å². The highest BCUT2D eigenvalue weighted by Crippen LogP contribution is 2.41. The maximum atomic E-state index is 14.4. The summed E-state index contributed by atoms with van der Waals surface area (Å²) in [5, 5.41) is 17.6. The minimum Gasteiger partial charge on any atom is -0.360 e. The molecule has 4 rings (SSSR count). The van der Waals surface area contributed by atoms with Crippen molar-refractivity contribution in [2.24, 2.45) is 0 Å². The van der Waals surface area contributed by atoms with Crippen molar-refractivity contribution >= 4 is 40.2 Å². The van der Waals surface area contributed by atoms with Crippen molar-refractivity contribution in [2.75, 3.05) is 0 Å². The van der Waals surface area contributed by atoms with Crippen LogP contribution in [0.2, 0.25) is 10.0 Å². The van der Waals surface area contributed by atoms with Crippen LogP contribution in [0.5, 0.6) is 0 Å². The molecular formula is C19H10Cl2FN3O3S. The number of halogens is 3. The molecule has 0 aliphatic carbocycles. The van der Waals surface area contributed by atoms with Gasteiger partial charge in [0, 0.05) is 17.0 Å². The lowest BCUT2D eigenvalue weighted by molar-refractivity contribution is -0.384. The number of rotatable bonds is 4. The molecule has 0 N–H and O–H groups in total. The predicted octanol–water partition coefficient (Wildman–Crippen LogP) is 6.79. The zero-order chi connectivity index (χ0) is 20.7. The van der Waals surface area contributed by atoms with E-state index in [1.165, 1.54) is 35.6 Å². The summed E-state index contributed by atoms with van der Waals surface area (Å²) in [6.45, 7) is 1.69. The number of benzene rings is 2. The molecule has 0 spiro atoms. The van der Waals surface area contributed by atoms with E-state index in [1.54, 1.807) is 24.4 Å². The van der Waals surface area contributed by atoms with Crippen LogP contribution in [0.4, 0.5) is 10.1 Å². The molecule has 0 radical (unpaired) electrons. The molecule has 146 valence electrons. The highest BCUT2D eigenvalue weighted by atomic mass is 35.5. The number of aromatic nitrogens is 2. The third-order valence-corrected chi connectivity index (χ3v) is 5.71. The summed E-state index contributed by atoms with van der Waals surface area (Å²) in [4.78, 5) is 15.1. The Kier molecular flexibility index (Phi) is 5.08. The Balaban J connectivity index is 1.82. The van der Waals surface area contributed by atoms with Crippen molar-refractivity contribution in [1.29, 1.82) is 0 Å². The number of aryl methyl sites for hydroxylation is 1. The summed E-state index contributed by atoms with van der Waals surface area (Å²) in [6, 6.07) is 8.80. The van der Waals surface area contributed by atoms with Gasteiger partial charge >= 0.3 is 0 Å². The van der Waals surface area contributed by atoms with E-state index in [9.17, 15) is 14.5 Å². The van der Waals surface area contributed by atoms with Gasteiger partial charge in [0.1, 0.15) is 27.3 Å². The van der Waals surface area contributed by atoms with Crippen LogP contribution in [-0.4, -0.2) is 15.1 Å². The Labute approximate surface area is 177 Å². The van der Waals surface area contributed by atoms with Crippen LogP contribution in [0.3, 0.4) is 0 Å². The molecule has 0 fully saturated rings. The highest BCUT2D eigenvalue weighted by molar-refractivity contribution is 7.13. The van der Waals surface area contributed by atoms with Gasteiger partial charge in [-0.2, -0.15) is 0 Å². The fourth-order valence-electron chi connectivity index (χ4n) is 2.85.